The Balaban J connectivity index is 1.20. The van der Waals surface area contributed by atoms with Crippen LogP contribution in [0.15, 0.2) is 54.9 Å². The Morgan fingerprint density at radius 1 is 0.980 bits per heavy atom. The molecular weight excluding hydrogens is 679 g/mol. The molecule has 0 unspecified atom stereocenters. The molecule has 5 rings (SSSR count). The molecule has 13 nitrogen and oxygen atoms in total. The molecule has 2 N–H and O–H groups in total. The van der Waals surface area contributed by atoms with Gasteiger partial charge in [-0.2, -0.15) is 0 Å². The van der Waals surface area contributed by atoms with Crippen molar-refractivity contribution < 1.29 is 37.7 Å². The molecule has 0 bridgehead atoms. The minimum atomic E-state index is -0.669. The van der Waals surface area contributed by atoms with E-state index in [1.807, 2.05) is 39.0 Å². The quantitative estimate of drug-likeness (QED) is 0.171. The molecule has 0 radical (unpaired) electrons. The summed E-state index contributed by atoms with van der Waals surface area (Å²) >= 11 is 1.40. The minimum Gasteiger partial charge on any atom is -0.453 e. The van der Waals surface area contributed by atoms with E-state index >= 15 is 4.39 Å². The highest BCUT2D eigenvalue weighted by Gasteiger charge is 2.34. The highest BCUT2D eigenvalue weighted by atomic mass is 32.1. The van der Waals surface area contributed by atoms with Gasteiger partial charge in [0.2, 0.25) is 0 Å². The Morgan fingerprint density at radius 2 is 1.73 bits per heavy atom. The van der Waals surface area contributed by atoms with E-state index in [0.29, 0.717) is 54.4 Å². The molecule has 3 aromatic heterocycles. The van der Waals surface area contributed by atoms with Crippen LogP contribution in [0.4, 0.5) is 24.5 Å². The summed E-state index contributed by atoms with van der Waals surface area (Å²) in [5, 5.41) is 5.38. The van der Waals surface area contributed by atoms with E-state index in [2.05, 4.69) is 20.6 Å². The molecule has 1 aliphatic rings. The summed E-state index contributed by atoms with van der Waals surface area (Å²) in [7, 11) is 1.58. The fourth-order valence-electron chi connectivity index (χ4n) is 4.95. The maximum absolute atomic E-state index is 15.2. The van der Waals surface area contributed by atoms with E-state index in [1.165, 1.54) is 34.4 Å². The monoisotopic (exact) mass is 722 g/mol. The third-order valence-electron chi connectivity index (χ3n) is 7.32. The fourth-order valence-corrected chi connectivity index (χ4v) is 5.99. The molecule has 272 valence electrons. The van der Waals surface area contributed by atoms with Gasteiger partial charge in [-0.05, 0) is 71.4 Å². The van der Waals surface area contributed by atoms with Gasteiger partial charge >= 0.3 is 18.2 Å². The Labute approximate surface area is 300 Å². The summed E-state index contributed by atoms with van der Waals surface area (Å²) in [6.07, 6.45) is 2.43. The van der Waals surface area contributed by atoms with Crippen molar-refractivity contribution in [3.05, 3.63) is 66.2 Å². The van der Waals surface area contributed by atoms with Crippen molar-refractivity contribution >= 4 is 45.5 Å². The Kier molecular flexibility index (Phi) is 11.3. The van der Waals surface area contributed by atoms with Gasteiger partial charge in [0.1, 0.15) is 17.0 Å². The third kappa shape index (κ3) is 10.3. The van der Waals surface area contributed by atoms with Crippen molar-refractivity contribution in [1.82, 2.24) is 25.1 Å². The minimum absolute atomic E-state index is 0.0269. The van der Waals surface area contributed by atoms with Crippen LogP contribution in [0, 0.1) is 5.82 Å². The summed E-state index contributed by atoms with van der Waals surface area (Å²) in [5.41, 5.74) is 1.19. The average Bonchev–Trinajstić information content (AvgIpc) is 3.46. The maximum Gasteiger partial charge on any atom is 0.410 e. The van der Waals surface area contributed by atoms with Gasteiger partial charge < -0.3 is 39.4 Å². The molecule has 1 fully saturated rings. The molecule has 51 heavy (non-hydrogen) atoms. The van der Waals surface area contributed by atoms with E-state index in [0.717, 1.165) is 10.4 Å². The number of anilines is 1. The number of thiophene rings is 1. The number of amides is 4. The van der Waals surface area contributed by atoms with Gasteiger partial charge in [0.25, 0.3) is 0 Å². The van der Waals surface area contributed by atoms with Gasteiger partial charge in [-0.1, -0.05) is 6.07 Å². The van der Waals surface area contributed by atoms with Crippen LogP contribution < -0.4 is 15.4 Å². The molecule has 1 aliphatic heterocycles. The predicted molar refractivity (Wildman–Crippen MR) is 192 cm³/mol. The Morgan fingerprint density at radius 3 is 2.37 bits per heavy atom. The standard InChI is InChI=1S/C36H43FN6O7S/c1-35(2,3)49-33(45)42(14-15-47-7)19-22-8-10-26(39-18-22)30-17-27-31(51-30)29(12-13-38-27)48-28-11-9-23(16-25(28)37)40-32(44)41-24-20-43(21-24)34(46)50-36(4,5)6/h8-13,16-18,24H,14-15,19-21H2,1-7H3,(H2,40,41,44). The number of pyridine rings is 2. The zero-order valence-corrected chi connectivity index (χ0v) is 30.6. The third-order valence-corrected chi connectivity index (χ3v) is 8.48. The number of nitrogens with zero attached hydrogens (tertiary/aromatic N) is 4. The van der Waals surface area contributed by atoms with Crippen molar-refractivity contribution in [1.29, 1.82) is 0 Å². The van der Waals surface area contributed by atoms with Crippen LogP contribution in [0.1, 0.15) is 47.1 Å². The maximum atomic E-state index is 15.2. The first kappa shape index (κ1) is 37.2. The molecule has 4 heterocycles. The number of methoxy groups -OCH3 is 1. The molecule has 4 amide bonds. The van der Waals surface area contributed by atoms with Gasteiger partial charge in [-0.15, -0.1) is 11.3 Å². The first-order chi connectivity index (χ1) is 24.1. The smallest absolute Gasteiger partial charge is 0.410 e. The van der Waals surface area contributed by atoms with Crippen LogP contribution in [-0.4, -0.2) is 88.6 Å². The number of fused-ring (bicyclic) bond motifs is 1. The van der Waals surface area contributed by atoms with E-state index in [9.17, 15) is 14.4 Å². The normalized spacial score (nSPS) is 13.4. The zero-order chi connectivity index (χ0) is 36.9. The number of benzene rings is 1. The number of ether oxygens (including phenoxy) is 4. The van der Waals surface area contributed by atoms with Crippen LogP contribution in [-0.2, 0) is 20.8 Å². The molecule has 1 saturated heterocycles. The highest BCUT2D eigenvalue weighted by molar-refractivity contribution is 7.22. The number of likely N-dealkylation sites (tertiary alicyclic amines) is 1. The molecule has 0 atom stereocenters. The summed E-state index contributed by atoms with van der Waals surface area (Å²) in [5.74, 6) is -0.283. The molecule has 0 spiro atoms. The lowest BCUT2D eigenvalue weighted by Crippen LogP contribution is -2.62. The first-order valence-electron chi connectivity index (χ1n) is 16.4. The molecule has 0 saturated carbocycles. The van der Waals surface area contributed by atoms with E-state index in [1.54, 1.807) is 51.2 Å². The van der Waals surface area contributed by atoms with Crippen molar-refractivity contribution in [2.24, 2.45) is 0 Å². The van der Waals surface area contributed by atoms with Gasteiger partial charge in [-0.3, -0.25) is 9.97 Å². The number of aromatic nitrogens is 2. The van der Waals surface area contributed by atoms with Crippen LogP contribution in [0.25, 0.3) is 20.8 Å². The number of nitrogens with one attached hydrogen (secondary N) is 2. The second-order valence-corrected chi connectivity index (χ2v) is 15.1. The summed E-state index contributed by atoms with van der Waals surface area (Å²) in [4.78, 5) is 50.4. The lowest BCUT2D eigenvalue weighted by Gasteiger charge is -2.39. The number of urea groups is 1. The molecule has 0 aliphatic carbocycles. The second-order valence-electron chi connectivity index (χ2n) is 14.0. The van der Waals surface area contributed by atoms with Gasteiger partial charge in [0.15, 0.2) is 11.6 Å². The molecule has 15 heteroatoms. The second kappa shape index (κ2) is 15.5. The summed E-state index contributed by atoms with van der Waals surface area (Å²) in [6.45, 7) is 12.5. The first-order valence-corrected chi connectivity index (χ1v) is 17.2. The molecule has 1 aromatic carbocycles. The number of hydrogen-bond donors (Lipinski definition) is 2. The predicted octanol–water partition coefficient (Wildman–Crippen LogP) is 7.41. The van der Waals surface area contributed by atoms with Crippen LogP contribution in [0.2, 0.25) is 0 Å². The van der Waals surface area contributed by atoms with E-state index in [4.69, 9.17) is 18.9 Å². The molecular formula is C36H43FN6O7S. The average molecular weight is 723 g/mol. The van der Waals surface area contributed by atoms with Gasteiger partial charge in [0.05, 0.1) is 40.0 Å². The van der Waals surface area contributed by atoms with Crippen LogP contribution in [0.5, 0.6) is 11.5 Å². The number of halogens is 1. The van der Waals surface area contributed by atoms with Crippen molar-refractivity contribution in [3.63, 3.8) is 0 Å². The number of hydrogen-bond acceptors (Lipinski definition) is 10. The largest absolute Gasteiger partial charge is 0.453 e. The Bertz CT molecular complexity index is 1870. The number of carbonyl (C=O) groups excluding carboxylic acids is 3. The highest BCUT2D eigenvalue weighted by Crippen LogP contribution is 2.39. The van der Waals surface area contributed by atoms with Gasteiger partial charge in [0, 0.05) is 57.0 Å². The van der Waals surface area contributed by atoms with E-state index in [-0.39, 0.29) is 17.5 Å². The number of carbonyl (C=O) groups is 3. The lowest BCUT2D eigenvalue weighted by molar-refractivity contribution is 0.00643. The SMILES string of the molecule is COCCN(Cc1ccc(-c2cc3nccc(Oc4ccc(NC(=O)NC5CN(C(=O)OC(C)(C)C)C5)cc4F)c3s2)nc1)C(=O)OC(C)(C)C. The van der Waals surface area contributed by atoms with E-state index < -0.39 is 35.2 Å². The van der Waals surface area contributed by atoms with Crippen molar-refractivity contribution in [2.45, 2.75) is 65.3 Å². The number of rotatable bonds is 10. The van der Waals surface area contributed by atoms with Crippen LogP contribution in [0.3, 0.4) is 0 Å². The summed E-state index contributed by atoms with van der Waals surface area (Å²) in [6, 6.07) is 10.7. The fraction of sp³-hybridized carbons (Fsp3) is 0.417. The topological polar surface area (TPSA) is 144 Å². The molecule has 4 aromatic rings. The Hall–Kier alpha value is -5.02. The summed E-state index contributed by atoms with van der Waals surface area (Å²) < 4.78 is 37.9. The van der Waals surface area contributed by atoms with Gasteiger partial charge in [-0.25, -0.2) is 18.8 Å². The van der Waals surface area contributed by atoms with Crippen LogP contribution >= 0.6 is 11.3 Å². The van der Waals surface area contributed by atoms with Crippen molar-refractivity contribution in [3.8, 4) is 22.1 Å². The zero-order valence-electron chi connectivity index (χ0n) is 29.7. The lowest BCUT2D eigenvalue weighted by atomic mass is 10.1. The van der Waals surface area contributed by atoms with Crippen molar-refractivity contribution in [2.75, 3.05) is 38.7 Å².